The van der Waals surface area contributed by atoms with Crippen LogP contribution in [0.3, 0.4) is 0 Å². The van der Waals surface area contributed by atoms with Gasteiger partial charge in [0.2, 0.25) is 5.91 Å². The summed E-state index contributed by atoms with van der Waals surface area (Å²) >= 11 is 6.03. The molecule has 9 heteroatoms. The number of rotatable bonds is 6. The fourth-order valence-corrected chi connectivity index (χ4v) is 4.00. The maximum absolute atomic E-state index is 12.7. The second-order valence-electron chi connectivity index (χ2n) is 7.54. The smallest absolute Gasteiger partial charge is 0.251 e. The molecule has 2 aromatic carbocycles. The fraction of sp³-hybridized carbons (Fsp3) is 0.261. The van der Waals surface area contributed by atoms with Crippen molar-refractivity contribution in [2.24, 2.45) is 0 Å². The number of hydrogen-bond acceptors (Lipinski definition) is 5. The van der Waals surface area contributed by atoms with E-state index in [1.165, 1.54) is 0 Å². The molecule has 1 aromatic heterocycles. The first-order valence-electron chi connectivity index (χ1n) is 10.0. The number of hydrogen-bond donors (Lipinski definition) is 2. The Morgan fingerprint density at radius 3 is 2.62 bits per heavy atom. The van der Waals surface area contributed by atoms with E-state index in [2.05, 4.69) is 15.7 Å². The first-order valence-corrected chi connectivity index (χ1v) is 10.4. The van der Waals surface area contributed by atoms with Crippen LogP contribution in [-0.4, -0.2) is 35.8 Å². The van der Waals surface area contributed by atoms with Gasteiger partial charge in [0.05, 0.1) is 26.3 Å². The van der Waals surface area contributed by atoms with Crippen LogP contribution in [0.2, 0.25) is 5.02 Å². The van der Waals surface area contributed by atoms with Crippen LogP contribution in [0.25, 0.3) is 11.1 Å². The van der Waals surface area contributed by atoms with Gasteiger partial charge in [-0.3, -0.25) is 9.59 Å². The highest BCUT2D eigenvalue weighted by atomic mass is 35.5. The quantitative estimate of drug-likeness (QED) is 0.577. The summed E-state index contributed by atoms with van der Waals surface area (Å²) in [5.74, 6) is 1.14. The van der Waals surface area contributed by atoms with E-state index in [9.17, 15) is 9.59 Å². The van der Waals surface area contributed by atoms with Gasteiger partial charge in [-0.1, -0.05) is 23.7 Å². The number of carbonyl (C=O) groups excluding carboxylic acids is 2. The van der Waals surface area contributed by atoms with Crippen LogP contribution in [-0.2, 0) is 9.59 Å². The number of nitrogens with zero attached hydrogens (tertiary/aromatic N) is 2. The molecule has 2 amide bonds. The van der Waals surface area contributed by atoms with Gasteiger partial charge in [0.1, 0.15) is 11.9 Å². The van der Waals surface area contributed by atoms with Crippen molar-refractivity contribution in [1.29, 1.82) is 0 Å². The van der Waals surface area contributed by atoms with Gasteiger partial charge in [-0.05, 0) is 49.2 Å². The Hall–Kier alpha value is -3.52. The highest BCUT2D eigenvalue weighted by Gasteiger charge is 2.36. The highest BCUT2D eigenvalue weighted by Crippen LogP contribution is 2.41. The summed E-state index contributed by atoms with van der Waals surface area (Å²) in [5, 5.41) is 10.8. The van der Waals surface area contributed by atoms with Gasteiger partial charge in [-0.25, -0.2) is 4.68 Å². The molecule has 0 bridgehead atoms. The van der Waals surface area contributed by atoms with Crippen LogP contribution in [0.4, 0.5) is 11.5 Å². The van der Waals surface area contributed by atoms with Gasteiger partial charge >= 0.3 is 0 Å². The molecule has 8 nitrogen and oxygen atoms in total. The third-order valence-corrected chi connectivity index (χ3v) is 5.68. The lowest BCUT2D eigenvalue weighted by Gasteiger charge is -2.12. The Balaban J connectivity index is 1.61. The number of halogens is 1. The van der Waals surface area contributed by atoms with Crippen molar-refractivity contribution in [3.63, 3.8) is 0 Å². The van der Waals surface area contributed by atoms with Crippen molar-refractivity contribution in [2.75, 3.05) is 24.9 Å². The number of methoxy groups -OCH3 is 2. The molecule has 1 atom stereocenters. The van der Waals surface area contributed by atoms with E-state index < -0.39 is 6.04 Å². The molecule has 2 N–H and O–H groups in total. The van der Waals surface area contributed by atoms with Crippen LogP contribution in [0.1, 0.15) is 23.7 Å². The van der Waals surface area contributed by atoms with E-state index in [0.29, 0.717) is 28.0 Å². The van der Waals surface area contributed by atoms with Gasteiger partial charge in [-0.15, -0.1) is 0 Å². The van der Waals surface area contributed by atoms with Gasteiger partial charge in [-0.2, -0.15) is 5.10 Å². The average molecular weight is 455 g/mol. The van der Waals surface area contributed by atoms with E-state index in [1.807, 2.05) is 32.0 Å². The minimum absolute atomic E-state index is 0.0583. The monoisotopic (exact) mass is 454 g/mol. The van der Waals surface area contributed by atoms with Gasteiger partial charge in [0, 0.05) is 16.3 Å². The van der Waals surface area contributed by atoms with Crippen LogP contribution < -0.4 is 20.1 Å². The Bertz CT molecular complexity index is 1220. The van der Waals surface area contributed by atoms with Crippen LogP contribution in [0.5, 0.6) is 11.5 Å². The Morgan fingerprint density at radius 1 is 1.16 bits per heavy atom. The first kappa shape index (κ1) is 21.7. The molecule has 0 aliphatic carbocycles. The Kier molecular flexibility index (Phi) is 5.80. The maximum atomic E-state index is 12.7. The summed E-state index contributed by atoms with van der Waals surface area (Å²) in [5.41, 5.74) is 3.81. The van der Waals surface area contributed by atoms with E-state index in [4.69, 9.17) is 21.1 Å². The van der Waals surface area contributed by atoms with Crippen molar-refractivity contribution in [2.45, 2.75) is 26.3 Å². The molecule has 1 aliphatic heterocycles. The predicted octanol–water partition coefficient (Wildman–Crippen LogP) is 4.36. The van der Waals surface area contributed by atoms with E-state index in [1.54, 1.807) is 37.1 Å². The zero-order valence-electron chi connectivity index (χ0n) is 18.2. The lowest BCUT2D eigenvalue weighted by Crippen LogP contribution is -2.24. The Labute approximate surface area is 190 Å². The number of anilines is 2. The molecule has 4 rings (SSSR count). The summed E-state index contributed by atoms with van der Waals surface area (Å²) in [6.07, 6.45) is -0.0583. The van der Waals surface area contributed by atoms with E-state index in [-0.39, 0.29) is 18.2 Å². The molecule has 1 aliphatic rings. The zero-order chi connectivity index (χ0) is 23.0. The summed E-state index contributed by atoms with van der Waals surface area (Å²) in [4.78, 5) is 25.4. The van der Waals surface area contributed by atoms with Crippen LogP contribution in [0.15, 0.2) is 36.4 Å². The molecular weight excluding hydrogens is 432 g/mol. The maximum Gasteiger partial charge on any atom is 0.251 e. The number of benzene rings is 2. The second-order valence-corrected chi connectivity index (χ2v) is 7.98. The van der Waals surface area contributed by atoms with Crippen LogP contribution in [0, 0.1) is 13.8 Å². The minimum atomic E-state index is -0.753. The largest absolute Gasteiger partial charge is 0.493 e. The highest BCUT2D eigenvalue weighted by molar-refractivity contribution is 6.31. The van der Waals surface area contributed by atoms with Gasteiger partial charge < -0.3 is 20.1 Å². The average Bonchev–Trinajstić information content (AvgIpc) is 3.23. The van der Waals surface area contributed by atoms with Crippen molar-refractivity contribution >= 4 is 34.9 Å². The molecule has 0 spiro atoms. The molecule has 2 heterocycles. The zero-order valence-corrected chi connectivity index (χ0v) is 18.9. The predicted molar refractivity (Wildman–Crippen MR) is 123 cm³/mol. The summed E-state index contributed by atoms with van der Waals surface area (Å²) < 4.78 is 12.3. The summed E-state index contributed by atoms with van der Waals surface area (Å²) in [7, 11) is 3.14. The second kappa shape index (κ2) is 8.55. The molecule has 0 fully saturated rings. The summed E-state index contributed by atoms with van der Waals surface area (Å²) in [6.45, 7) is 3.73. The first-order chi connectivity index (χ1) is 15.3. The van der Waals surface area contributed by atoms with Crippen molar-refractivity contribution < 1.29 is 19.1 Å². The normalized spacial score (nSPS) is 14.7. The number of carbonyl (C=O) groups is 2. The molecule has 1 unspecified atom stereocenters. The molecular formula is C23H23ClN4O4. The number of ether oxygens (including phenoxy) is 2. The van der Waals surface area contributed by atoms with Gasteiger partial charge in [0.25, 0.3) is 5.91 Å². The SMILES string of the molecule is COc1ccc(-c2c(C)nn3c2NC(=O)C3CC(=O)Nc2cc(Cl)ccc2C)cc1OC. The lowest BCUT2D eigenvalue weighted by molar-refractivity contribution is -0.123. The minimum Gasteiger partial charge on any atom is -0.493 e. The van der Waals surface area contributed by atoms with E-state index >= 15 is 0 Å². The topological polar surface area (TPSA) is 94.5 Å². The molecule has 32 heavy (non-hydrogen) atoms. The lowest BCUT2D eigenvalue weighted by atomic mass is 10.1. The number of nitrogens with one attached hydrogen (secondary N) is 2. The molecule has 3 aromatic rings. The molecule has 0 radical (unpaired) electrons. The molecule has 0 saturated heterocycles. The third kappa shape index (κ3) is 3.89. The standard InChI is InChI=1S/C23H23ClN4O4/c1-12-5-7-15(24)10-16(12)25-20(29)11-17-23(30)26-22-21(13(2)27-28(17)22)14-6-8-18(31-3)19(9-14)32-4/h5-10,17H,11H2,1-4H3,(H,25,29)(H,26,30). The third-order valence-electron chi connectivity index (χ3n) is 5.45. The van der Waals surface area contributed by atoms with Crippen molar-refractivity contribution in [1.82, 2.24) is 9.78 Å². The molecule has 0 saturated carbocycles. The van der Waals surface area contributed by atoms with Crippen molar-refractivity contribution in [3.8, 4) is 22.6 Å². The molecule has 166 valence electrons. The van der Waals surface area contributed by atoms with Crippen molar-refractivity contribution in [3.05, 3.63) is 52.7 Å². The number of amides is 2. The number of fused-ring (bicyclic) bond motifs is 1. The Morgan fingerprint density at radius 2 is 1.91 bits per heavy atom. The van der Waals surface area contributed by atoms with Gasteiger partial charge in [0.15, 0.2) is 11.5 Å². The van der Waals surface area contributed by atoms with Crippen LogP contribution >= 0.6 is 11.6 Å². The fourth-order valence-electron chi connectivity index (χ4n) is 3.83. The van der Waals surface area contributed by atoms with E-state index in [0.717, 1.165) is 22.4 Å². The summed E-state index contributed by atoms with van der Waals surface area (Å²) in [6, 6.07) is 10.0. The number of aromatic nitrogens is 2. The number of aryl methyl sites for hydroxylation is 2.